The Bertz CT molecular complexity index is 810. The Labute approximate surface area is 174 Å². The molecule has 0 saturated carbocycles. The first kappa shape index (κ1) is 20.4. The number of carbonyl (C=O) groups excluding carboxylic acids is 1. The Morgan fingerprint density at radius 1 is 1.03 bits per heavy atom. The average molecular weight is 398 g/mol. The van der Waals surface area contributed by atoms with E-state index in [0.29, 0.717) is 0 Å². The van der Waals surface area contributed by atoms with Gasteiger partial charge in [0.2, 0.25) is 5.91 Å². The number of carbonyl (C=O) groups is 1. The molecular formula is C23H35N5O. The highest BCUT2D eigenvalue weighted by Gasteiger charge is 2.36. The van der Waals surface area contributed by atoms with Gasteiger partial charge in [0.25, 0.3) is 0 Å². The molecule has 0 bridgehead atoms. The van der Waals surface area contributed by atoms with Gasteiger partial charge < -0.3 is 20.1 Å². The predicted molar refractivity (Wildman–Crippen MR) is 118 cm³/mol. The van der Waals surface area contributed by atoms with Gasteiger partial charge in [0.15, 0.2) is 0 Å². The first-order chi connectivity index (χ1) is 14.1. The van der Waals surface area contributed by atoms with E-state index in [1.807, 2.05) is 0 Å². The fourth-order valence-electron chi connectivity index (χ4n) is 5.01. The molecule has 0 radical (unpaired) electrons. The molecular weight excluding hydrogens is 362 g/mol. The van der Waals surface area contributed by atoms with Crippen molar-refractivity contribution in [2.24, 2.45) is 11.7 Å². The lowest BCUT2D eigenvalue weighted by Gasteiger charge is -2.41. The molecule has 2 aromatic rings. The van der Waals surface area contributed by atoms with Crippen LogP contribution < -0.4 is 5.73 Å². The van der Waals surface area contributed by atoms with Crippen LogP contribution in [0.15, 0.2) is 36.5 Å². The Balaban J connectivity index is 1.42. The monoisotopic (exact) mass is 397 g/mol. The maximum atomic E-state index is 12.3. The number of benzene rings is 1. The SMILES string of the molecule is CN1CCN(CCCCN2CCCC(C(N)=O)C2n2ccc3ccccc32)CC1. The summed E-state index contributed by atoms with van der Waals surface area (Å²) in [6, 6.07) is 10.6. The van der Waals surface area contributed by atoms with E-state index in [9.17, 15) is 4.79 Å². The standard InChI is InChI=1S/C23H35N5O/c1-25-15-17-26(18-16-25)11-4-5-12-27-13-6-8-20(22(24)29)23(27)28-14-10-19-7-2-3-9-21(19)28/h2-3,7,9-10,14,20,23H,4-6,8,11-13,15-18H2,1H3,(H2,24,29). The average Bonchev–Trinajstić information content (AvgIpc) is 3.16. The normalized spacial score (nSPS) is 24.9. The third-order valence-corrected chi connectivity index (χ3v) is 6.74. The van der Waals surface area contributed by atoms with Crippen LogP contribution in [0.1, 0.15) is 31.8 Å². The number of para-hydroxylation sites is 1. The van der Waals surface area contributed by atoms with Crippen molar-refractivity contribution in [3.05, 3.63) is 36.5 Å². The lowest BCUT2D eigenvalue weighted by molar-refractivity contribution is -0.127. The molecule has 0 spiro atoms. The number of likely N-dealkylation sites (tertiary alicyclic amines) is 1. The van der Waals surface area contributed by atoms with Crippen molar-refractivity contribution in [2.75, 3.05) is 52.9 Å². The number of nitrogens with zero attached hydrogens (tertiary/aromatic N) is 4. The number of piperidine rings is 1. The number of fused-ring (bicyclic) bond motifs is 1. The highest BCUT2D eigenvalue weighted by Crippen LogP contribution is 2.34. The van der Waals surface area contributed by atoms with Crippen LogP contribution in [-0.2, 0) is 4.79 Å². The molecule has 1 amide bonds. The second-order valence-corrected chi connectivity index (χ2v) is 8.73. The number of hydrogen-bond acceptors (Lipinski definition) is 4. The molecule has 6 nitrogen and oxygen atoms in total. The lowest BCUT2D eigenvalue weighted by Crippen LogP contribution is -2.47. The number of hydrogen-bond donors (Lipinski definition) is 1. The number of amides is 1. The zero-order chi connectivity index (χ0) is 20.2. The largest absolute Gasteiger partial charge is 0.369 e. The maximum Gasteiger partial charge on any atom is 0.224 e. The summed E-state index contributed by atoms with van der Waals surface area (Å²) in [5.41, 5.74) is 7.03. The number of nitrogens with two attached hydrogens (primary N) is 1. The van der Waals surface area contributed by atoms with Gasteiger partial charge in [-0.15, -0.1) is 0 Å². The molecule has 2 atom stereocenters. The van der Waals surface area contributed by atoms with Crippen LogP contribution in [0.5, 0.6) is 0 Å². The zero-order valence-electron chi connectivity index (χ0n) is 17.7. The van der Waals surface area contributed by atoms with E-state index in [-0.39, 0.29) is 18.0 Å². The van der Waals surface area contributed by atoms with Crippen LogP contribution in [0.3, 0.4) is 0 Å². The summed E-state index contributed by atoms with van der Waals surface area (Å²) < 4.78 is 2.28. The van der Waals surface area contributed by atoms with Crippen LogP contribution in [0.25, 0.3) is 10.9 Å². The third kappa shape index (κ3) is 4.65. The Hall–Kier alpha value is -1.89. The van der Waals surface area contributed by atoms with Crippen molar-refractivity contribution in [3.63, 3.8) is 0 Å². The predicted octanol–water partition coefficient (Wildman–Crippen LogP) is 2.36. The minimum absolute atomic E-state index is 0.0322. The van der Waals surface area contributed by atoms with E-state index in [2.05, 4.69) is 62.8 Å². The molecule has 1 aromatic heterocycles. The van der Waals surface area contributed by atoms with Crippen molar-refractivity contribution >= 4 is 16.8 Å². The Morgan fingerprint density at radius 3 is 2.59 bits per heavy atom. The van der Waals surface area contributed by atoms with Crippen molar-refractivity contribution in [1.29, 1.82) is 0 Å². The molecule has 2 fully saturated rings. The first-order valence-electron chi connectivity index (χ1n) is 11.1. The second-order valence-electron chi connectivity index (χ2n) is 8.73. The van der Waals surface area contributed by atoms with Gasteiger partial charge in [-0.1, -0.05) is 18.2 Å². The van der Waals surface area contributed by atoms with Gasteiger partial charge in [-0.3, -0.25) is 9.69 Å². The highest BCUT2D eigenvalue weighted by molar-refractivity contribution is 5.81. The number of likely N-dealkylation sites (N-methyl/N-ethyl adjacent to an activating group) is 1. The van der Waals surface area contributed by atoms with Gasteiger partial charge in [-0.05, 0) is 56.8 Å². The maximum absolute atomic E-state index is 12.3. The van der Waals surface area contributed by atoms with Gasteiger partial charge in [0.05, 0.1) is 12.1 Å². The van der Waals surface area contributed by atoms with E-state index < -0.39 is 0 Å². The second kappa shape index (κ2) is 9.28. The van der Waals surface area contributed by atoms with E-state index in [1.54, 1.807) is 0 Å². The van der Waals surface area contributed by atoms with Crippen molar-refractivity contribution in [1.82, 2.24) is 19.3 Å². The van der Waals surface area contributed by atoms with Crippen molar-refractivity contribution in [2.45, 2.75) is 31.8 Å². The fourth-order valence-corrected chi connectivity index (χ4v) is 5.01. The summed E-state index contributed by atoms with van der Waals surface area (Å²) in [4.78, 5) is 19.8. The quantitative estimate of drug-likeness (QED) is 0.729. The number of aromatic nitrogens is 1. The Morgan fingerprint density at radius 2 is 1.79 bits per heavy atom. The zero-order valence-corrected chi connectivity index (χ0v) is 17.7. The lowest BCUT2D eigenvalue weighted by atomic mass is 9.92. The summed E-state index contributed by atoms with van der Waals surface area (Å²) in [5.74, 6) is -0.299. The molecule has 3 heterocycles. The van der Waals surface area contributed by atoms with Crippen LogP contribution in [0, 0.1) is 5.92 Å². The molecule has 2 saturated heterocycles. The van der Waals surface area contributed by atoms with Crippen LogP contribution in [-0.4, -0.2) is 78.0 Å². The van der Waals surface area contributed by atoms with E-state index in [0.717, 1.165) is 32.4 Å². The smallest absolute Gasteiger partial charge is 0.224 e. The summed E-state index contributed by atoms with van der Waals surface area (Å²) >= 11 is 0. The number of rotatable bonds is 7. The van der Waals surface area contributed by atoms with Crippen LogP contribution >= 0.6 is 0 Å². The minimum atomic E-state index is -0.171. The Kier molecular flexibility index (Phi) is 6.53. The minimum Gasteiger partial charge on any atom is -0.369 e. The summed E-state index contributed by atoms with van der Waals surface area (Å²) in [6.07, 6.45) is 6.46. The molecule has 2 unspecified atom stereocenters. The van der Waals surface area contributed by atoms with Gasteiger partial charge in [0, 0.05) is 51.0 Å². The number of primary amides is 1. The molecule has 2 aliphatic rings. The van der Waals surface area contributed by atoms with Crippen molar-refractivity contribution < 1.29 is 4.79 Å². The molecule has 4 rings (SSSR count). The molecule has 2 N–H and O–H groups in total. The van der Waals surface area contributed by atoms with E-state index >= 15 is 0 Å². The highest BCUT2D eigenvalue weighted by atomic mass is 16.1. The van der Waals surface area contributed by atoms with Crippen molar-refractivity contribution in [3.8, 4) is 0 Å². The summed E-state index contributed by atoms with van der Waals surface area (Å²) in [5, 5.41) is 1.22. The van der Waals surface area contributed by atoms with Gasteiger partial charge in [-0.2, -0.15) is 0 Å². The number of piperazine rings is 1. The third-order valence-electron chi connectivity index (χ3n) is 6.74. The van der Waals surface area contributed by atoms with Gasteiger partial charge >= 0.3 is 0 Å². The molecule has 2 aliphatic heterocycles. The molecule has 1 aromatic carbocycles. The van der Waals surface area contributed by atoms with Crippen LogP contribution in [0.2, 0.25) is 0 Å². The first-order valence-corrected chi connectivity index (χ1v) is 11.1. The molecule has 6 heteroatoms. The molecule has 158 valence electrons. The summed E-state index contributed by atoms with van der Waals surface area (Å²) in [6.45, 7) is 7.95. The fraction of sp³-hybridized carbons (Fsp3) is 0.609. The van der Waals surface area contributed by atoms with E-state index in [1.165, 1.54) is 50.0 Å². The topological polar surface area (TPSA) is 57.7 Å². The molecule has 29 heavy (non-hydrogen) atoms. The summed E-state index contributed by atoms with van der Waals surface area (Å²) in [7, 11) is 2.20. The van der Waals surface area contributed by atoms with E-state index in [4.69, 9.17) is 5.73 Å². The van der Waals surface area contributed by atoms with Gasteiger partial charge in [0.1, 0.15) is 0 Å². The van der Waals surface area contributed by atoms with Gasteiger partial charge in [-0.25, -0.2) is 0 Å². The van der Waals surface area contributed by atoms with Crippen LogP contribution in [0.4, 0.5) is 0 Å². The molecule has 0 aliphatic carbocycles. The number of unbranched alkanes of at least 4 members (excludes halogenated alkanes) is 1.